The molecule has 2 heterocycles. The molecule has 7 nitrogen and oxygen atoms in total. The number of nitrogens with zero attached hydrogens (tertiary/aromatic N) is 1. The fourth-order valence-corrected chi connectivity index (χ4v) is 3.30. The third-order valence-electron chi connectivity index (χ3n) is 4.72. The number of hydrogen-bond acceptors (Lipinski definition) is 4. The molecule has 1 aromatic carbocycles. The Hall–Kier alpha value is -2.57. The molecule has 25 heavy (non-hydrogen) atoms. The maximum Gasteiger partial charge on any atom is 0.255 e. The molecule has 134 valence electrons. The minimum Gasteiger partial charge on any atom is -0.485 e. The summed E-state index contributed by atoms with van der Waals surface area (Å²) in [5, 5.41) is 5.62. The number of amides is 3. The maximum absolute atomic E-state index is 12.4. The lowest BCUT2D eigenvalue weighted by molar-refractivity contribution is -0.135. The second-order valence-corrected chi connectivity index (χ2v) is 6.48. The van der Waals surface area contributed by atoms with E-state index in [9.17, 15) is 14.4 Å². The zero-order valence-corrected chi connectivity index (χ0v) is 14.3. The Morgan fingerprint density at radius 2 is 2.12 bits per heavy atom. The zero-order valence-electron chi connectivity index (χ0n) is 14.3. The third kappa shape index (κ3) is 3.75. The molecule has 0 bridgehead atoms. The molecule has 0 saturated carbocycles. The molecule has 7 heteroatoms. The Kier molecular flexibility index (Phi) is 4.92. The van der Waals surface area contributed by atoms with Gasteiger partial charge < -0.3 is 20.3 Å². The summed E-state index contributed by atoms with van der Waals surface area (Å²) in [5.41, 5.74) is -0.123. The number of carbonyl (C=O) groups excluding carboxylic acids is 3. The van der Waals surface area contributed by atoms with E-state index in [0.29, 0.717) is 43.8 Å². The van der Waals surface area contributed by atoms with Crippen molar-refractivity contribution >= 4 is 17.7 Å². The highest BCUT2D eigenvalue weighted by Crippen LogP contribution is 2.33. The van der Waals surface area contributed by atoms with Gasteiger partial charge in [-0.1, -0.05) is 12.1 Å². The van der Waals surface area contributed by atoms with Crippen molar-refractivity contribution in [2.24, 2.45) is 0 Å². The highest BCUT2D eigenvalue weighted by molar-refractivity contribution is 5.97. The predicted octanol–water partition coefficient (Wildman–Crippen LogP) is 0.696. The van der Waals surface area contributed by atoms with E-state index < -0.39 is 5.60 Å². The Labute approximate surface area is 146 Å². The van der Waals surface area contributed by atoms with Crippen LogP contribution in [0.5, 0.6) is 5.75 Å². The van der Waals surface area contributed by atoms with E-state index in [1.165, 1.54) is 0 Å². The molecule has 0 unspecified atom stereocenters. The first kappa shape index (κ1) is 17.3. The molecule has 2 aliphatic rings. The van der Waals surface area contributed by atoms with Crippen molar-refractivity contribution in [2.45, 2.75) is 31.8 Å². The monoisotopic (exact) mass is 345 g/mol. The molecule has 0 aliphatic carbocycles. The van der Waals surface area contributed by atoms with E-state index in [1.807, 2.05) is 13.0 Å². The van der Waals surface area contributed by atoms with Crippen LogP contribution < -0.4 is 15.4 Å². The second kappa shape index (κ2) is 7.13. The maximum atomic E-state index is 12.4. The van der Waals surface area contributed by atoms with Gasteiger partial charge in [-0.3, -0.25) is 14.4 Å². The van der Waals surface area contributed by atoms with Gasteiger partial charge in [-0.2, -0.15) is 0 Å². The Bertz CT molecular complexity index is 691. The number of nitrogens with one attached hydrogen (secondary N) is 2. The van der Waals surface area contributed by atoms with Gasteiger partial charge in [0.15, 0.2) is 0 Å². The molecule has 1 fully saturated rings. The van der Waals surface area contributed by atoms with Crippen LogP contribution in [-0.2, 0) is 9.59 Å². The van der Waals surface area contributed by atoms with E-state index >= 15 is 0 Å². The fraction of sp³-hybridized carbons (Fsp3) is 0.500. The van der Waals surface area contributed by atoms with Crippen molar-refractivity contribution in [1.29, 1.82) is 0 Å². The number of likely N-dealkylation sites (tertiary alicyclic amines) is 1. The highest BCUT2D eigenvalue weighted by Gasteiger charge is 2.40. The van der Waals surface area contributed by atoms with Crippen molar-refractivity contribution < 1.29 is 19.1 Å². The average Bonchev–Trinajstić information content (AvgIpc) is 2.84. The van der Waals surface area contributed by atoms with Crippen LogP contribution in [0.1, 0.15) is 36.5 Å². The van der Waals surface area contributed by atoms with Gasteiger partial charge in [0.1, 0.15) is 11.4 Å². The number of likely N-dealkylation sites (N-methyl/N-ethyl adjacent to an activating group) is 1. The lowest BCUT2D eigenvalue weighted by atomic mass is 9.94. The van der Waals surface area contributed by atoms with E-state index in [2.05, 4.69) is 10.6 Å². The summed E-state index contributed by atoms with van der Waals surface area (Å²) in [4.78, 5) is 38.0. The lowest BCUT2D eigenvalue weighted by Crippen LogP contribution is -2.46. The van der Waals surface area contributed by atoms with Crippen LogP contribution in [0, 0.1) is 0 Å². The highest BCUT2D eigenvalue weighted by atomic mass is 16.5. The molecule has 2 aliphatic heterocycles. The van der Waals surface area contributed by atoms with Crippen LogP contribution in [0.2, 0.25) is 0 Å². The molecular weight excluding hydrogens is 322 g/mol. The van der Waals surface area contributed by atoms with Gasteiger partial charge in [0.25, 0.3) is 5.91 Å². The van der Waals surface area contributed by atoms with Gasteiger partial charge in [-0.05, 0) is 25.5 Å². The molecule has 3 amide bonds. The van der Waals surface area contributed by atoms with Crippen molar-refractivity contribution in [1.82, 2.24) is 15.5 Å². The van der Waals surface area contributed by atoms with Crippen LogP contribution in [-0.4, -0.2) is 54.4 Å². The van der Waals surface area contributed by atoms with Gasteiger partial charge in [-0.15, -0.1) is 0 Å². The fourth-order valence-electron chi connectivity index (χ4n) is 3.30. The van der Waals surface area contributed by atoms with Gasteiger partial charge in [0.05, 0.1) is 18.7 Å². The molecule has 1 aromatic rings. The minimum absolute atomic E-state index is 0.0596. The molecule has 1 spiro atoms. The SMILES string of the molecule is CCNC(=O)CN1CC[C@]2(CCC1=O)CNC(=O)c1ccccc1O2. The summed E-state index contributed by atoms with van der Waals surface area (Å²) in [6.45, 7) is 3.22. The number of carbonyl (C=O) groups is 3. The number of rotatable bonds is 3. The summed E-state index contributed by atoms with van der Waals surface area (Å²) in [5.74, 6) is 0.159. The van der Waals surface area contributed by atoms with E-state index in [4.69, 9.17) is 4.74 Å². The summed E-state index contributed by atoms with van der Waals surface area (Å²) in [7, 11) is 0. The number of para-hydroxylation sites is 1. The summed E-state index contributed by atoms with van der Waals surface area (Å²) >= 11 is 0. The molecule has 1 atom stereocenters. The number of fused-ring (bicyclic) bond motifs is 1. The van der Waals surface area contributed by atoms with Crippen LogP contribution >= 0.6 is 0 Å². The lowest BCUT2D eigenvalue weighted by Gasteiger charge is -2.32. The number of hydrogen-bond donors (Lipinski definition) is 2. The molecule has 2 N–H and O–H groups in total. The van der Waals surface area contributed by atoms with Crippen LogP contribution in [0.15, 0.2) is 24.3 Å². The molecule has 0 aromatic heterocycles. The normalized spacial score (nSPS) is 23.2. The summed E-state index contributed by atoms with van der Waals surface area (Å²) in [6, 6.07) is 7.13. The van der Waals surface area contributed by atoms with Crippen molar-refractivity contribution in [3.8, 4) is 5.75 Å². The standard InChI is InChI=1S/C18H23N3O4/c1-2-19-15(22)11-21-10-9-18(8-7-16(21)23)12-20-17(24)13-5-3-4-6-14(13)25-18/h3-6H,2,7-12H2,1H3,(H,19,22)(H,20,24)/t18-/m1/s1. The largest absolute Gasteiger partial charge is 0.485 e. The van der Waals surface area contributed by atoms with E-state index in [0.717, 1.165) is 0 Å². The first-order chi connectivity index (χ1) is 12.0. The Morgan fingerprint density at radius 1 is 1.32 bits per heavy atom. The van der Waals surface area contributed by atoms with E-state index in [-0.39, 0.29) is 30.7 Å². The quantitative estimate of drug-likeness (QED) is 0.844. The third-order valence-corrected chi connectivity index (χ3v) is 4.72. The second-order valence-electron chi connectivity index (χ2n) is 6.48. The molecule has 1 saturated heterocycles. The first-order valence-corrected chi connectivity index (χ1v) is 8.64. The average molecular weight is 345 g/mol. The van der Waals surface area contributed by atoms with Crippen LogP contribution in [0.25, 0.3) is 0 Å². The van der Waals surface area contributed by atoms with Crippen molar-refractivity contribution in [2.75, 3.05) is 26.2 Å². The zero-order chi connectivity index (χ0) is 17.9. The van der Waals surface area contributed by atoms with Gasteiger partial charge in [0.2, 0.25) is 11.8 Å². The smallest absolute Gasteiger partial charge is 0.255 e. The van der Waals surface area contributed by atoms with E-state index in [1.54, 1.807) is 23.1 Å². The Balaban J connectivity index is 1.76. The summed E-state index contributed by atoms with van der Waals surface area (Å²) in [6.07, 6.45) is 1.36. The van der Waals surface area contributed by atoms with Crippen LogP contribution in [0.3, 0.4) is 0 Å². The Morgan fingerprint density at radius 3 is 2.92 bits per heavy atom. The van der Waals surface area contributed by atoms with Gasteiger partial charge >= 0.3 is 0 Å². The molecule has 3 rings (SSSR count). The minimum atomic E-state index is -0.631. The molecule has 0 radical (unpaired) electrons. The number of benzene rings is 1. The molecular formula is C18H23N3O4. The van der Waals surface area contributed by atoms with Crippen molar-refractivity contribution in [3.05, 3.63) is 29.8 Å². The topological polar surface area (TPSA) is 87.7 Å². The summed E-state index contributed by atoms with van der Waals surface area (Å²) < 4.78 is 6.22. The number of ether oxygens (including phenoxy) is 1. The van der Waals surface area contributed by atoms with Gasteiger partial charge in [-0.25, -0.2) is 0 Å². The van der Waals surface area contributed by atoms with Crippen molar-refractivity contribution in [3.63, 3.8) is 0 Å². The predicted molar refractivity (Wildman–Crippen MR) is 91.2 cm³/mol. The van der Waals surface area contributed by atoms with Gasteiger partial charge in [0, 0.05) is 25.9 Å². The first-order valence-electron chi connectivity index (χ1n) is 8.64. The van der Waals surface area contributed by atoms with Crippen LogP contribution in [0.4, 0.5) is 0 Å².